The number of H-pyrrole nitrogens is 2. The van der Waals surface area contributed by atoms with Gasteiger partial charge in [-0.15, -0.1) is 0 Å². The second-order valence-electron chi connectivity index (χ2n) is 3.27. The monoisotopic (exact) mass is 202 g/mol. The average molecular weight is 202 g/mol. The van der Waals surface area contributed by atoms with Crippen LogP contribution in [0.2, 0.25) is 0 Å². The molecule has 2 aromatic rings. The number of benzene rings is 1. The molecule has 0 unspecified atom stereocenters. The molecule has 2 rings (SSSR count). The van der Waals surface area contributed by atoms with Crippen molar-refractivity contribution < 1.29 is 0 Å². The minimum atomic E-state index is -0.279. The molecule has 76 valence electrons. The van der Waals surface area contributed by atoms with E-state index in [1.807, 2.05) is 18.2 Å². The summed E-state index contributed by atoms with van der Waals surface area (Å²) in [6, 6.07) is 9.12. The second-order valence-corrected chi connectivity index (χ2v) is 3.27. The van der Waals surface area contributed by atoms with Crippen LogP contribution < -0.4 is 11.1 Å². The summed E-state index contributed by atoms with van der Waals surface area (Å²) in [7, 11) is 0. The zero-order valence-electron chi connectivity index (χ0n) is 8.20. The maximum Gasteiger partial charge on any atom is 0.270 e. The highest BCUT2D eigenvalue weighted by Crippen LogP contribution is 2.15. The Morgan fingerprint density at radius 1 is 0.933 bits per heavy atom. The second kappa shape index (κ2) is 3.57. The van der Waals surface area contributed by atoms with Gasteiger partial charge >= 0.3 is 0 Å². The third-order valence-electron chi connectivity index (χ3n) is 2.29. The van der Waals surface area contributed by atoms with E-state index in [1.54, 1.807) is 19.1 Å². The van der Waals surface area contributed by atoms with Gasteiger partial charge in [-0.3, -0.25) is 19.8 Å². The van der Waals surface area contributed by atoms with Crippen LogP contribution in [0.5, 0.6) is 0 Å². The normalized spacial score (nSPS) is 10.2. The average Bonchev–Trinajstić information content (AvgIpc) is 2.26. The Balaban J connectivity index is 2.79. The summed E-state index contributed by atoms with van der Waals surface area (Å²) in [6.45, 7) is 1.64. The topological polar surface area (TPSA) is 65.7 Å². The summed E-state index contributed by atoms with van der Waals surface area (Å²) in [6.07, 6.45) is 0. The van der Waals surface area contributed by atoms with Gasteiger partial charge in [0, 0.05) is 5.56 Å². The van der Waals surface area contributed by atoms with Crippen LogP contribution in [0.15, 0.2) is 39.9 Å². The van der Waals surface area contributed by atoms with Gasteiger partial charge < -0.3 is 0 Å². The lowest BCUT2D eigenvalue weighted by atomic mass is 10.0. The van der Waals surface area contributed by atoms with Gasteiger partial charge in [0.15, 0.2) is 0 Å². The van der Waals surface area contributed by atoms with E-state index in [9.17, 15) is 9.59 Å². The summed E-state index contributed by atoms with van der Waals surface area (Å²) >= 11 is 0. The lowest BCUT2D eigenvalue weighted by molar-refractivity contribution is 0.938. The summed E-state index contributed by atoms with van der Waals surface area (Å²) in [4.78, 5) is 22.9. The Labute approximate surface area is 85.6 Å². The Morgan fingerprint density at radius 2 is 1.53 bits per heavy atom. The third kappa shape index (κ3) is 1.61. The molecule has 4 nitrogen and oxygen atoms in total. The van der Waals surface area contributed by atoms with Crippen molar-refractivity contribution in [2.45, 2.75) is 6.92 Å². The lowest BCUT2D eigenvalue weighted by Gasteiger charge is -2.02. The van der Waals surface area contributed by atoms with Gasteiger partial charge in [-0.25, -0.2) is 0 Å². The molecule has 0 saturated carbocycles. The van der Waals surface area contributed by atoms with Crippen molar-refractivity contribution in [2.75, 3.05) is 0 Å². The molecule has 2 N–H and O–H groups in total. The SMILES string of the molecule is Cc1c(-c2ccccc2)c(=O)[nH][nH]c1=O. The molecule has 4 heteroatoms. The Bertz CT molecular complexity index is 582. The van der Waals surface area contributed by atoms with Crippen LogP contribution in [0, 0.1) is 6.92 Å². The molecular formula is C11H10N2O2. The van der Waals surface area contributed by atoms with E-state index in [0.717, 1.165) is 5.56 Å². The number of nitrogens with one attached hydrogen (secondary N) is 2. The predicted molar refractivity (Wildman–Crippen MR) is 57.9 cm³/mol. The molecule has 0 fully saturated rings. The largest absolute Gasteiger partial charge is 0.270 e. The van der Waals surface area contributed by atoms with Crippen LogP contribution in [0.4, 0.5) is 0 Å². The Hall–Kier alpha value is -2.10. The quantitative estimate of drug-likeness (QED) is 0.725. The van der Waals surface area contributed by atoms with Crippen molar-refractivity contribution in [3.05, 3.63) is 56.6 Å². The van der Waals surface area contributed by atoms with Gasteiger partial charge in [0.1, 0.15) is 0 Å². The Morgan fingerprint density at radius 3 is 2.20 bits per heavy atom. The van der Waals surface area contributed by atoms with Crippen molar-refractivity contribution in [1.82, 2.24) is 10.2 Å². The number of rotatable bonds is 1. The number of aromatic nitrogens is 2. The maximum atomic E-state index is 11.6. The van der Waals surface area contributed by atoms with Crippen molar-refractivity contribution in [3.8, 4) is 11.1 Å². The van der Waals surface area contributed by atoms with Crippen LogP contribution in [-0.4, -0.2) is 10.2 Å². The van der Waals surface area contributed by atoms with Crippen molar-refractivity contribution >= 4 is 0 Å². The highest BCUT2D eigenvalue weighted by atomic mass is 16.1. The fraction of sp³-hybridized carbons (Fsp3) is 0.0909. The van der Waals surface area contributed by atoms with Crippen LogP contribution in [0.25, 0.3) is 11.1 Å². The van der Waals surface area contributed by atoms with E-state index < -0.39 is 0 Å². The van der Waals surface area contributed by atoms with Gasteiger partial charge in [-0.2, -0.15) is 0 Å². The maximum absolute atomic E-state index is 11.6. The standard InChI is InChI=1S/C11H10N2O2/c1-7-9(8-5-3-2-4-6-8)11(15)13-12-10(7)14/h2-6H,1H3,(H,12,14)(H,13,15). The summed E-state index contributed by atoms with van der Waals surface area (Å²) < 4.78 is 0. The van der Waals surface area contributed by atoms with Gasteiger partial charge in [0.25, 0.3) is 11.1 Å². The summed E-state index contributed by atoms with van der Waals surface area (Å²) in [5, 5.41) is 4.60. The van der Waals surface area contributed by atoms with Gasteiger partial charge in [-0.1, -0.05) is 30.3 Å². The smallest absolute Gasteiger partial charge is 0.268 e. The number of hydrogen-bond acceptors (Lipinski definition) is 2. The van der Waals surface area contributed by atoms with Crippen LogP contribution in [0.3, 0.4) is 0 Å². The van der Waals surface area contributed by atoms with E-state index >= 15 is 0 Å². The lowest BCUT2D eigenvalue weighted by Crippen LogP contribution is -2.23. The Kier molecular flexibility index (Phi) is 2.25. The first-order valence-corrected chi connectivity index (χ1v) is 4.57. The highest BCUT2D eigenvalue weighted by molar-refractivity contribution is 5.65. The summed E-state index contributed by atoms with van der Waals surface area (Å²) in [5.74, 6) is 0. The van der Waals surface area contributed by atoms with E-state index in [1.165, 1.54) is 0 Å². The molecule has 1 aromatic heterocycles. The highest BCUT2D eigenvalue weighted by Gasteiger charge is 2.08. The molecule has 0 aliphatic rings. The van der Waals surface area contributed by atoms with Gasteiger partial charge in [-0.05, 0) is 12.5 Å². The predicted octanol–water partition coefficient (Wildman–Crippen LogP) is 1.04. The molecule has 0 amide bonds. The van der Waals surface area contributed by atoms with Crippen LogP contribution in [0.1, 0.15) is 5.56 Å². The molecule has 0 atom stereocenters. The van der Waals surface area contributed by atoms with E-state index in [-0.39, 0.29) is 11.1 Å². The van der Waals surface area contributed by atoms with E-state index in [4.69, 9.17) is 0 Å². The fourth-order valence-electron chi connectivity index (χ4n) is 1.51. The minimum Gasteiger partial charge on any atom is -0.268 e. The molecule has 0 bridgehead atoms. The summed E-state index contributed by atoms with van der Waals surface area (Å²) in [5.41, 5.74) is 1.07. The van der Waals surface area contributed by atoms with Crippen molar-refractivity contribution in [2.24, 2.45) is 0 Å². The molecular weight excluding hydrogens is 192 g/mol. The first kappa shape index (κ1) is 9.45. The van der Waals surface area contributed by atoms with Crippen LogP contribution in [-0.2, 0) is 0 Å². The zero-order chi connectivity index (χ0) is 10.8. The third-order valence-corrected chi connectivity index (χ3v) is 2.29. The fourth-order valence-corrected chi connectivity index (χ4v) is 1.51. The molecule has 0 aliphatic heterocycles. The first-order chi connectivity index (χ1) is 7.20. The van der Waals surface area contributed by atoms with E-state index in [2.05, 4.69) is 10.2 Å². The molecule has 15 heavy (non-hydrogen) atoms. The molecule has 1 aromatic carbocycles. The first-order valence-electron chi connectivity index (χ1n) is 4.57. The molecule has 0 aliphatic carbocycles. The molecule has 0 spiro atoms. The van der Waals surface area contributed by atoms with Crippen molar-refractivity contribution in [1.29, 1.82) is 0 Å². The van der Waals surface area contributed by atoms with Crippen LogP contribution >= 0.6 is 0 Å². The van der Waals surface area contributed by atoms with Gasteiger partial charge in [0.2, 0.25) is 0 Å². The van der Waals surface area contributed by atoms with E-state index in [0.29, 0.717) is 11.1 Å². The molecule has 1 heterocycles. The van der Waals surface area contributed by atoms with Crippen molar-refractivity contribution in [3.63, 3.8) is 0 Å². The number of hydrogen-bond donors (Lipinski definition) is 2. The molecule has 0 radical (unpaired) electrons. The zero-order valence-corrected chi connectivity index (χ0v) is 8.20. The molecule has 0 saturated heterocycles. The van der Waals surface area contributed by atoms with Gasteiger partial charge in [0.05, 0.1) is 5.56 Å². The minimum absolute atomic E-state index is 0.270. The number of aromatic amines is 2.